The van der Waals surface area contributed by atoms with Crippen LogP contribution in [0.2, 0.25) is 0 Å². The van der Waals surface area contributed by atoms with E-state index in [1.807, 2.05) is 0 Å². The first kappa shape index (κ1) is 16.7. The third-order valence-electron chi connectivity index (χ3n) is 2.71. The van der Waals surface area contributed by atoms with Crippen LogP contribution in [0.25, 0.3) is 0 Å². The molecule has 0 spiro atoms. The van der Waals surface area contributed by atoms with Crippen LogP contribution in [-0.4, -0.2) is 26.7 Å². The van der Waals surface area contributed by atoms with Crippen molar-refractivity contribution < 1.29 is 13.5 Å². The van der Waals surface area contributed by atoms with Gasteiger partial charge in [0, 0.05) is 18.5 Å². The Bertz CT molecular complexity index is 570. The van der Waals surface area contributed by atoms with Crippen molar-refractivity contribution >= 4 is 10.0 Å². The van der Waals surface area contributed by atoms with E-state index in [2.05, 4.69) is 23.5 Å². The Kier molecular flexibility index (Phi) is 7.31. The molecular weight excluding hydrogens is 274 g/mol. The molecule has 4 nitrogen and oxygen atoms in total. The summed E-state index contributed by atoms with van der Waals surface area (Å²) in [5, 5.41) is 8.71. The van der Waals surface area contributed by atoms with Gasteiger partial charge in [-0.1, -0.05) is 43.7 Å². The normalized spacial score (nSPS) is 10.9. The molecular formula is C15H21NO3S. The van der Waals surface area contributed by atoms with Gasteiger partial charge in [0.05, 0.1) is 11.5 Å². The first-order valence-electron chi connectivity index (χ1n) is 6.80. The number of aliphatic hydroxyl groups excluding tert-OH is 1. The molecule has 2 N–H and O–H groups in total. The van der Waals surface area contributed by atoms with E-state index in [4.69, 9.17) is 5.11 Å². The lowest BCUT2D eigenvalue weighted by molar-refractivity contribution is 0.305. The van der Waals surface area contributed by atoms with E-state index in [-0.39, 0.29) is 11.5 Å². The van der Waals surface area contributed by atoms with Crippen molar-refractivity contribution in [2.75, 3.05) is 13.2 Å². The average molecular weight is 295 g/mol. The van der Waals surface area contributed by atoms with Gasteiger partial charge in [0.1, 0.15) is 0 Å². The molecule has 0 aliphatic heterocycles. The zero-order valence-electron chi connectivity index (χ0n) is 11.7. The first-order chi connectivity index (χ1) is 9.61. The number of benzene rings is 1. The molecule has 0 radical (unpaired) electrons. The van der Waals surface area contributed by atoms with Crippen molar-refractivity contribution in [2.24, 2.45) is 0 Å². The van der Waals surface area contributed by atoms with Crippen LogP contribution in [0.5, 0.6) is 0 Å². The number of aliphatic hydroxyl groups is 1. The zero-order chi connectivity index (χ0) is 14.8. The fraction of sp³-hybridized carbons (Fsp3) is 0.467. The van der Waals surface area contributed by atoms with E-state index < -0.39 is 10.0 Å². The van der Waals surface area contributed by atoms with Crippen LogP contribution in [0.15, 0.2) is 29.2 Å². The molecule has 0 aliphatic carbocycles. The molecule has 0 amide bonds. The summed E-state index contributed by atoms with van der Waals surface area (Å²) in [7, 11) is -3.52. The summed E-state index contributed by atoms with van der Waals surface area (Å²) in [5.74, 6) is 5.54. The Balaban J connectivity index is 2.87. The molecule has 1 aromatic rings. The van der Waals surface area contributed by atoms with Gasteiger partial charge in [-0.3, -0.25) is 0 Å². The van der Waals surface area contributed by atoms with Crippen LogP contribution >= 0.6 is 0 Å². The maximum absolute atomic E-state index is 12.2. The van der Waals surface area contributed by atoms with Gasteiger partial charge in [0.25, 0.3) is 0 Å². The number of rotatable bonds is 7. The van der Waals surface area contributed by atoms with Crippen LogP contribution in [0, 0.1) is 11.8 Å². The maximum atomic E-state index is 12.2. The molecule has 0 aromatic heterocycles. The van der Waals surface area contributed by atoms with E-state index in [1.54, 1.807) is 24.3 Å². The maximum Gasteiger partial charge on any atom is 0.241 e. The van der Waals surface area contributed by atoms with Crippen LogP contribution in [-0.2, 0) is 10.0 Å². The Labute approximate surface area is 121 Å². The number of nitrogens with one attached hydrogen (secondary N) is 1. The summed E-state index contributed by atoms with van der Waals surface area (Å²) in [6.45, 7) is 2.48. The second-order valence-electron chi connectivity index (χ2n) is 4.38. The van der Waals surface area contributed by atoms with Crippen molar-refractivity contribution in [2.45, 2.75) is 37.5 Å². The summed E-state index contributed by atoms with van der Waals surface area (Å²) >= 11 is 0. The SMILES string of the molecule is CCCCCNS(=O)(=O)c1ccccc1C#CCCO. The molecule has 0 atom stereocenters. The highest BCUT2D eigenvalue weighted by Gasteiger charge is 2.16. The minimum Gasteiger partial charge on any atom is -0.395 e. The molecule has 0 saturated heterocycles. The van der Waals surface area contributed by atoms with Gasteiger partial charge < -0.3 is 5.11 Å². The quantitative estimate of drug-likeness (QED) is 0.596. The van der Waals surface area contributed by atoms with E-state index in [0.29, 0.717) is 18.5 Å². The summed E-state index contributed by atoms with van der Waals surface area (Å²) < 4.78 is 27.0. The molecule has 1 aromatic carbocycles. The lowest BCUT2D eigenvalue weighted by Crippen LogP contribution is -2.25. The summed E-state index contributed by atoms with van der Waals surface area (Å²) in [6, 6.07) is 6.65. The molecule has 0 heterocycles. The Morgan fingerprint density at radius 3 is 2.70 bits per heavy atom. The first-order valence-corrected chi connectivity index (χ1v) is 8.28. The van der Waals surface area contributed by atoms with Gasteiger partial charge in [-0.15, -0.1) is 0 Å². The largest absolute Gasteiger partial charge is 0.395 e. The third kappa shape index (κ3) is 5.33. The summed E-state index contributed by atoms with van der Waals surface area (Å²) in [4.78, 5) is 0.196. The molecule has 0 saturated carbocycles. The number of hydrogen-bond donors (Lipinski definition) is 2. The van der Waals surface area contributed by atoms with Crippen molar-refractivity contribution in [1.29, 1.82) is 0 Å². The van der Waals surface area contributed by atoms with Crippen molar-refractivity contribution in [3.63, 3.8) is 0 Å². The number of unbranched alkanes of at least 4 members (excludes halogenated alkanes) is 2. The standard InChI is InChI=1S/C15H21NO3S/c1-2-3-7-12-16-20(18,19)15-11-5-4-9-14(15)10-6-8-13-17/h4-5,9,11,16-17H,2-3,7-8,12-13H2,1H3. The summed E-state index contributed by atoms with van der Waals surface area (Å²) in [5.41, 5.74) is 0.462. The van der Waals surface area contributed by atoms with Crippen LogP contribution in [0.3, 0.4) is 0 Å². The zero-order valence-corrected chi connectivity index (χ0v) is 12.5. The second-order valence-corrected chi connectivity index (χ2v) is 6.11. The molecule has 1 rings (SSSR count). The topological polar surface area (TPSA) is 66.4 Å². The van der Waals surface area contributed by atoms with Gasteiger partial charge in [0.2, 0.25) is 10.0 Å². The van der Waals surface area contributed by atoms with E-state index in [0.717, 1.165) is 19.3 Å². The van der Waals surface area contributed by atoms with E-state index >= 15 is 0 Å². The predicted octanol–water partition coefficient (Wildman–Crippen LogP) is 1.89. The summed E-state index contributed by atoms with van der Waals surface area (Å²) in [6.07, 6.45) is 3.21. The Morgan fingerprint density at radius 1 is 1.25 bits per heavy atom. The number of sulfonamides is 1. The fourth-order valence-electron chi connectivity index (χ4n) is 1.68. The van der Waals surface area contributed by atoms with Crippen molar-refractivity contribution in [1.82, 2.24) is 4.72 Å². The van der Waals surface area contributed by atoms with Gasteiger partial charge in [-0.2, -0.15) is 0 Å². The lowest BCUT2D eigenvalue weighted by Gasteiger charge is -2.08. The molecule has 0 aliphatic rings. The van der Waals surface area contributed by atoms with Crippen molar-refractivity contribution in [3.05, 3.63) is 29.8 Å². The van der Waals surface area contributed by atoms with Gasteiger partial charge in [-0.25, -0.2) is 13.1 Å². The Morgan fingerprint density at radius 2 is 2.00 bits per heavy atom. The van der Waals surface area contributed by atoms with Crippen LogP contribution < -0.4 is 4.72 Å². The highest BCUT2D eigenvalue weighted by Crippen LogP contribution is 2.14. The van der Waals surface area contributed by atoms with E-state index in [9.17, 15) is 8.42 Å². The smallest absolute Gasteiger partial charge is 0.241 e. The predicted molar refractivity (Wildman–Crippen MR) is 79.7 cm³/mol. The average Bonchev–Trinajstić information content (AvgIpc) is 2.44. The molecule has 110 valence electrons. The van der Waals surface area contributed by atoms with Crippen LogP contribution in [0.4, 0.5) is 0 Å². The van der Waals surface area contributed by atoms with Crippen LogP contribution in [0.1, 0.15) is 38.2 Å². The highest BCUT2D eigenvalue weighted by atomic mass is 32.2. The molecule has 5 heteroatoms. The third-order valence-corrected chi connectivity index (χ3v) is 4.23. The van der Waals surface area contributed by atoms with Gasteiger partial charge in [0.15, 0.2) is 0 Å². The van der Waals surface area contributed by atoms with Gasteiger partial charge in [-0.05, 0) is 18.6 Å². The monoisotopic (exact) mass is 295 g/mol. The highest BCUT2D eigenvalue weighted by molar-refractivity contribution is 7.89. The molecule has 20 heavy (non-hydrogen) atoms. The fourth-order valence-corrected chi connectivity index (χ4v) is 2.91. The lowest BCUT2D eigenvalue weighted by atomic mass is 10.2. The minimum absolute atomic E-state index is 0.0306. The van der Waals surface area contributed by atoms with Crippen molar-refractivity contribution in [3.8, 4) is 11.8 Å². The Hall–Kier alpha value is -1.35. The van der Waals surface area contributed by atoms with Gasteiger partial charge >= 0.3 is 0 Å². The molecule has 0 unspecified atom stereocenters. The molecule has 0 bridgehead atoms. The minimum atomic E-state index is -3.52. The van der Waals surface area contributed by atoms with E-state index in [1.165, 1.54) is 0 Å². The second kappa shape index (κ2) is 8.75. The number of hydrogen-bond acceptors (Lipinski definition) is 3. The molecule has 0 fully saturated rings.